The van der Waals surface area contributed by atoms with Crippen LogP contribution in [0.4, 0.5) is 17.1 Å². The Morgan fingerprint density at radius 3 is 1.95 bits per heavy atom. The molecule has 2 aromatic heterocycles. The highest BCUT2D eigenvalue weighted by atomic mass is 16.3. The van der Waals surface area contributed by atoms with Gasteiger partial charge in [-0.25, -0.2) is 0 Å². The van der Waals surface area contributed by atoms with Crippen LogP contribution in [0.15, 0.2) is 150 Å². The first kappa shape index (κ1) is 22.6. The monoisotopic (exact) mass is 512 g/mol. The summed E-state index contributed by atoms with van der Waals surface area (Å²) in [5.41, 5.74) is 7.14. The summed E-state index contributed by atoms with van der Waals surface area (Å²) in [6.07, 6.45) is 3.77. The van der Waals surface area contributed by atoms with Crippen LogP contribution in [0, 0.1) is 0 Å². The van der Waals surface area contributed by atoms with Gasteiger partial charge in [-0.05, 0) is 51.6 Å². The Bertz CT molecular complexity index is 2160. The van der Waals surface area contributed by atoms with Crippen LogP contribution in [0.1, 0.15) is 0 Å². The van der Waals surface area contributed by atoms with Gasteiger partial charge in [0.05, 0.1) is 29.2 Å². The van der Waals surface area contributed by atoms with Crippen molar-refractivity contribution in [3.05, 3.63) is 146 Å². The zero-order valence-electron chi connectivity index (χ0n) is 21.7. The second-order valence-corrected chi connectivity index (χ2v) is 10.0. The zero-order valence-corrected chi connectivity index (χ0v) is 21.7. The largest absolute Gasteiger partial charge is 0.454 e. The average Bonchev–Trinajstić information content (AvgIpc) is 3.41. The van der Waals surface area contributed by atoms with Crippen molar-refractivity contribution in [1.82, 2.24) is 4.98 Å². The van der Waals surface area contributed by atoms with E-state index in [2.05, 4.69) is 125 Å². The van der Waals surface area contributed by atoms with Gasteiger partial charge in [0.15, 0.2) is 5.58 Å². The molecule has 0 radical (unpaired) electrons. The molecule has 8 aromatic rings. The number of nitrogens with zero attached hydrogens (tertiary/aromatic N) is 2. The minimum Gasteiger partial charge on any atom is -0.454 e. The number of para-hydroxylation sites is 1. The van der Waals surface area contributed by atoms with E-state index in [0.717, 1.165) is 39.0 Å². The molecule has 0 aliphatic heterocycles. The molecular weight excluding hydrogens is 488 g/mol. The van der Waals surface area contributed by atoms with E-state index in [1.165, 1.54) is 32.7 Å². The molecule has 6 aromatic carbocycles. The number of furan rings is 1. The van der Waals surface area contributed by atoms with Crippen LogP contribution in [-0.2, 0) is 0 Å². The van der Waals surface area contributed by atoms with Gasteiger partial charge in [0.25, 0.3) is 0 Å². The Kier molecular flexibility index (Phi) is 5.14. The van der Waals surface area contributed by atoms with Gasteiger partial charge in [-0.1, -0.05) is 109 Å². The molecule has 0 N–H and O–H groups in total. The Hall–Kier alpha value is -5.41. The van der Waals surface area contributed by atoms with Crippen LogP contribution in [0.3, 0.4) is 0 Å². The van der Waals surface area contributed by atoms with Crippen molar-refractivity contribution in [2.45, 2.75) is 0 Å². The molecule has 0 bridgehead atoms. The first-order chi connectivity index (χ1) is 19.8. The lowest BCUT2D eigenvalue weighted by Crippen LogP contribution is -2.11. The molecule has 8 rings (SSSR count). The fourth-order valence-electron chi connectivity index (χ4n) is 5.89. The lowest BCUT2D eigenvalue weighted by Gasteiger charge is -2.28. The smallest absolute Gasteiger partial charge is 0.155 e. The molecule has 0 unspecified atom stereocenters. The fraction of sp³-hybridized carbons (Fsp3) is 0. The summed E-state index contributed by atoms with van der Waals surface area (Å²) >= 11 is 0. The third kappa shape index (κ3) is 3.56. The van der Waals surface area contributed by atoms with Gasteiger partial charge in [-0.2, -0.15) is 0 Å². The topological polar surface area (TPSA) is 29.3 Å². The lowest BCUT2D eigenvalue weighted by atomic mass is 9.98. The normalized spacial score (nSPS) is 11.5. The van der Waals surface area contributed by atoms with Gasteiger partial charge in [-0.15, -0.1) is 0 Å². The van der Waals surface area contributed by atoms with E-state index >= 15 is 0 Å². The van der Waals surface area contributed by atoms with Crippen LogP contribution in [-0.4, -0.2) is 4.98 Å². The van der Waals surface area contributed by atoms with Crippen LogP contribution in [0.25, 0.3) is 54.6 Å². The van der Waals surface area contributed by atoms with Crippen LogP contribution in [0.5, 0.6) is 0 Å². The van der Waals surface area contributed by atoms with E-state index in [1.54, 1.807) is 0 Å². The number of rotatable bonds is 4. The number of benzene rings is 6. The molecule has 0 spiro atoms. The number of hydrogen-bond donors (Lipinski definition) is 0. The van der Waals surface area contributed by atoms with E-state index in [0.29, 0.717) is 0 Å². The quantitative estimate of drug-likeness (QED) is 0.220. The van der Waals surface area contributed by atoms with E-state index in [9.17, 15) is 0 Å². The summed E-state index contributed by atoms with van der Waals surface area (Å²) in [4.78, 5) is 6.99. The number of hydrogen-bond acceptors (Lipinski definition) is 3. The highest BCUT2D eigenvalue weighted by Gasteiger charge is 2.22. The number of pyridine rings is 1. The Balaban J connectivity index is 1.45. The highest BCUT2D eigenvalue weighted by Crippen LogP contribution is 2.46. The standard InChI is InChI=1S/C37H24N2O/c1-2-10-25(11-3-1)26-18-20-28(21-19-26)39(34-23-38-24-36-37(34)32-16-8-9-17-35(32)40-36)33-22-27-12-4-5-13-29(27)30-14-6-7-15-31(30)33/h1-24H. The molecular formula is C37H24N2O. The highest BCUT2D eigenvalue weighted by molar-refractivity contribution is 6.18. The maximum absolute atomic E-state index is 6.26. The summed E-state index contributed by atoms with van der Waals surface area (Å²) in [7, 11) is 0. The van der Waals surface area contributed by atoms with Crippen molar-refractivity contribution < 1.29 is 4.42 Å². The van der Waals surface area contributed by atoms with E-state index in [-0.39, 0.29) is 0 Å². The number of fused-ring (bicyclic) bond motifs is 6. The SMILES string of the molecule is c1ccc(-c2ccc(N(c3cc4ccccc4c4ccccc34)c3cncc4oc5ccccc5c34)cc2)cc1. The Morgan fingerprint density at radius 2 is 1.12 bits per heavy atom. The number of aromatic nitrogens is 1. The summed E-state index contributed by atoms with van der Waals surface area (Å²) < 4.78 is 6.26. The second kappa shape index (κ2) is 9.11. The van der Waals surface area contributed by atoms with Crippen molar-refractivity contribution in [1.29, 1.82) is 0 Å². The summed E-state index contributed by atoms with van der Waals surface area (Å²) in [5, 5.41) is 6.96. The molecule has 0 saturated heterocycles. The predicted octanol–water partition coefficient (Wildman–Crippen LogP) is 10.4. The molecule has 3 heteroatoms. The van der Waals surface area contributed by atoms with Gasteiger partial charge in [0.1, 0.15) is 5.58 Å². The number of anilines is 3. The van der Waals surface area contributed by atoms with Crippen molar-refractivity contribution in [2.24, 2.45) is 0 Å². The third-order valence-electron chi connectivity index (χ3n) is 7.73. The Morgan fingerprint density at radius 1 is 0.475 bits per heavy atom. The predicted molar refractivity (Wildman–Crippen MR) is 167 cm³/mol. The first-order valence-electron chi connectivity index (χ1n) is 13.5. The minimum absolute atomic E-state index is 0.773. The lowest BCUT2D eigenvalue weighted by molar-refractivity contribution is 0.667. The van der Waals surface area contributed by atoms with Gasteiger partial charge in [0, 0.05) is 16.5 Å². The summed E-state index contributed by atoms with van der Waals surface area (Å²) in [6, 6.07) is 47.0. The Labute approximate surface area is 231 Å². The molecule has 0 atom stereocenters. The molecule has 0 aliphatic carbocycles. The van der Waals surface area contributed by atoms with Crippen molar-refractivity contribution in [3.8, 4) is 11.1 Å². The van der Waals surface area contributed by atoms with Gasteiger partial charge in [0.2, 0.25) is 0 Å². The molecule has 3 nitrogen and oxygen atoms in total. The molecule has 0 saturated carbocycles. The molecule has 2 heterocycles. The van der Waals surface area contributed by atoms with Gasteiger partial charge >= 0.3 is 0 Å². The van der Waals surface area contributed by atoms with Crippen molar-refractivity contribution in [2.75, 3.05) is 4.90 Å². The summed E-state index contributed by atoms with van der Waals surface area (Å²) in [5.74, 6) is 0. The van der Waals surface area contributed by atoms with Crippen LogP contribution < -0.4 is 4.90 Å². The summed E-state index contributed by atoms with van der Waals surface area (Å²) in [6.45, 7) is 0. The third-order valence-corrected chi connectivity index (χ3v) is 7.73. The van der Waals surface area contributed by atoms with E-state index < -0.39 is 0 Å². The maximum Gasteiger partial charge on any atom is 0.155 e. The zero-order chi connectivity index (χ0) is 26.5. The van der Waals surface area contributed by atoms with Crippen LogP contribution >= 0.6 is 0 Å². The van der Waals surface area contributed by atoms with Crippen molar-refractivity contribution in [3.63, 3.8) is 0 Å². The fourth-order valence-corrected chi connectivity index (χ4v) is 5.89. The molecule has 188 valence electrons. The maximum atomic E-state index is 6.26. The van der Waals surface area contributed by atoms with Crippen molar-refractivity contribution >= 4 is 60.5 Å². The minimum atomic E-state index is 0.773. The molecule has 0 fully saturated rings. The van der Waals surface area contributed by atoms with E-state index in [1.807, 2.05) is 30.6 Å². The molecule has 0 amide bonds. The first-order valence-corrected chi connectivity index (χ1v) is 13.5. The van der Waals surface area contributed by atoms with E-state index in [4.69, 9.17) is 4.42 Å². The molecule has 40 heavy (non-hydrogen) atoms. The van der Waals surface area contributed by atoms with Crippen LogP contribution in [0.2, 0.25) is 0 Å². The van der Waals surface area contributed by atoms with Gasteiger partial charge in [-0.3, -0.25) is 4.98 Å². The molecule has 0 aliphatic rings. The second-order valence-electron chi connectivity index (χ2n) is 10.0. The van der Waals surface area contributed by atoms with Gasteiger partial charge < -0.3 is 9.32 Å². The average molecular weight is 513 g/mol.